The summed E-state index contributed by atoms with van der Waals surface area (Å²) >= 11 is 1.42. The zero-order chi connectivity index (χ0) is 17.1. The Bertz CT molecular complexity index is 708. The molecule has 0 spiro atoms. The largest absolute Gasteiger partial charge is 0.367 e. The number of hydrogen-bond acceptors (Lipinski definition) is 7. The Labute approximate surface area is 145 Å². The lowest BCUT2D eigenvalue weighted by molar-refractivity contribution is 0.0722. The third-order valence-corrected chi connectivity index (χ3v) is 5.10. The van der Waals surface area contributed by atoms with E-state index < -0.39 is 0 Å². The van der Waals surface area contributed by atoms with Gasteiger partial charge in [-0.25, -0.2) is 15.0 Å². The van der Waals surface area contributed by atoms with Crippen LogP contribution >= 0.6 is 11.3 Å². The predicted octanol–water partition coefficient (Wildman–Crippen LogP) is 2.02. The summed E-state index contributed by atoms with van der Waals surface area (Å²) in [6.07, 6.45) is 3.39. The number of rotatable bonds is 4. The van der Waals surface area contributed by atoms with Gasteiger partial charge in [0.25, 0.3) is 5.91 Å². The average Bonchev–Trinajstić information content (AvgIpc) is 3.01. The summed E-state index contributed by atoms with van der Waals surface area (Å²) in [6.45, 7) is 3.38. The first-order valence-corrected chi connectivity index (χ1v) is 8.88. The number of likely N-dealkylation sites (tertiary alicyclic amines) is 1. The van der Waals surface area contributed by atoms with E-state index in [0.717, 1.165) is 48.1 Å². The fourth-order valence-corrected chi connectivity index (χ4v) is 3.53. The third kappa shape index (κ3) is 3.64. The fraction of sp³-hybridized carbons (Fsp3) is 0.500. The van der Waals surface area contributed by atoms with E-state index in [2.05, 4.69) is 20.3 Å². The lowest BCUT2D eigenvalue weighted by Gasteiger charge is -2.32. The van der Waals surface area contributed by atoms with Gasteiger partial charge in [0.05, 0.1) is 11.2 Å². The highest BCUT2D eigenvalue weighted by atomic mass is 32.1. The number of carbonyl (C=O) groups is 1. The quantitative estimate of drug-likeness (QED) is 0.913. The topological polar surface area (TPSA) is 74.2 Å². The molecule has 0 aromatic carbocycles. The SMILES string of the molecule is Cc1ncsc1C(=O)N1CCC(Nc2cc(N(C)C)ncn2)CC1. The molecule has 2 aromatic heterocycles. The molecule has 0 radical (unpaired) electrons. The van der Waals surface area contributed by atoms with Crippen LogP contribution in [0.2, 0.25) is 0 Å². The molecule has 1 aliphatic rings. The molecule has 1 N–H and O–H groups in total. The molecular weight excluding hydrogens is 324 g/mol. The molecule has 0 aliphatic carbocycles. The molecule has 1 aliphatic heterocycles. The van der Waals surface area contributed by atoms with Crippen molar-refractivity contribution in [3.05, 3.63) is 28.5 Å². The van der Waals surface area contributed by atoms with E-state index in [1.165, 1.54) is 11.3 Å². The zero-order valence-electron chi connectivity index (χ0n) is 14.2. The van der Waals surface area contributed by atoms with Crippen LogP contribution < -0.4 is 10.2 Å². The minimum atomic E-state index is 0.102. The van der Waals surface area contributed by atoms with Crippen LogP contribution in [-0.2, 0) is 0 Å². The van der Waals surface area contributed by atoms with E-state index >= 15 is 0 Å². The standard InChI is InChI=1S/C16H22N6OS/c1-11-15(24-10-19-11)16(23)22-6-4-12(5-7-22)20-13-8-14(21(2)3)18-9-17-13/h8-10,12H,4-7H2,1-3H3,(H,17,18,20). The Hall–Kier alpha value is -2.22. The van der Waals surface area contributed by atoms with E-state index in [4.69, 9.17) is 0 Å². The predicted molar refractivity (Wildman–Crippen MR) is 95.8 cm³/mol. The molecule has 128 valence electrons. The number of hydrogen-bond donors (Lipinski definition) is 1. The summed E-state index contributed by atoms with van der Waals surface area (Å²) in [5, 5.41) is 3.46. The molecule has 1 amide bonds. The van der Waals surface area contributed by atoms with Crippen molar-refractivity contribution in [3.8, 4) is 0 Å². The zero-order valence-corrected chi connectivity index (χ0v) is 15.0. The summed E-state index contributed by atoms with van der Waals surface area (Å²) in [5.74, 6) is 1.81. The summed E-state index contributed by atoms with van der Waals surface area (Å²) in [7, 11) is 3.91. The van der Waals surface area contributed by atoms with Crippen LogP contribution in [0, 0.1) is 6.92 Å². The number of nitrogens with one attached hydrogen (secondary N) is 1. The second-order valence-electron chi connectivity index (χ2n) is 6.13. The Balaban J connectivity index is 1.56. The van der Waals surface area contributed by atoms with Crippen LogP contribution in [0.15, 0.2) is 17.9 Å². The summed E-state index contributed by atoms with van der Waals surface area (Å²) < 4.78 is 0. The van der Waals surface area contributed by atoms with E-state index in [1.54, 1.807) is 11.8 Å². The van der Waals surface area contributed by atoms with Crippen molar-refractivity contribution in [2.24, 2.45) is 0 Å². The van der Waals surface area contributed by atoms with Gasteiger partial charge in [0, 0.05) is 39.3 Å². The number of anilines is 2. The van der Waals surface area contributed by atoms with Crippen LogP contribution in [-0.4, -0.2) is 59.0 Å². The first-order valence-electron chi connectivity index (χ1n) is 8.00. The van der Waals surface area contributed by atoms with Crippen molar-refractivity contribution >= 4 is 28.9 Å². The smallest absolute Gasteiger partial charge is 0.265 e. The molecular formula is C16H22N6OS. The molecule has 7 nitrogen and oxygen atoms in total. The lowest BCUT2D eigenvalue weighted by Crippen LogP contribution is -2.42. The first-order chi connectivity index (χ1) is 11.5. The number of aryl methyl sites for hydroxylation is 1. The van der Waals surface area contributed by atoms with Crippen molar-refractivity contribution in [1.82, 2.24) is 19.9 Å². The van der Waals surface area contributed by atoms with Gasteiger partial charge in [-0.3, -0.25) is 4.79 Å². The number of aromatic nitrogens is 3. The van der Waals surface area contributed by atoms with Gasteiger partial charge in [-0.1, -0.05) is 0 Å². The van der Waals surface area contributed by atoms with Crippen molar-refractivity contribution < 1.29 is 4.79 Å². The van der Waals surface area contributed by atoms with Crippen molar-refractivity contribution in [2.75, 3.05) is 37.4 Å². The Morgan fingerprint density at radius 3 is 2.67 bits per heavy atom. The van der Waals surface area contributed by atoms with Gasteiger partial charge in [0.2, 0.25) is 0 Å². The number of amides is 1. The molecule has 24 heavy (non-hydrogen) atoms. The molecule has 1 fully saturated rings. The van der Waals surface area contributed by atoms with E-state index in [0.29, 0.717) is 6.04 Å². The van der Waals surface area contributed by atoms with Crippen LogP contribution in [0.3, 0.4) is 0 Å². The minimum absolute atomic E-state index is 0.102. The second-order valence-corrected chi connectivity index (χ2v) is 6.99. The number of piperidine rings is 1. The van der Waals surface area contributed by atoms with Crippen LogP contribution in [0.25, 0.3) is 0 Å². The fourth-order valence-electron chi connectivity index (χ4n) is 2.76. The molecule has 0 atom stereocenters. The molecule has 3 rings (SSSR count). The highest BCUT2D eigenvalue weighted by Gasteiger charge is 2.25. The molecule has 0 bridgehead atoms. The van der Waals surface area contributed by atoms with E-state index in [9.17, 15) is 4.79 Å². The van der Waals surface area contributed by atoms with Gasteiger partial charge in [0.15, 0.2) is 0 Å². The van der Waals surface area contributed by atoms with E-state index in [-0.39, 0.29) is 5.91 Å². The molecule has 3 heterocycles. The van der Waals surface area contributed by atoms with Crippen molar-refractivity contribution in [2.45, 2.75) is 25.8 Å². The number of nitrogens with zero attached hydrogens (tertiary/aromatic N) is 5. The summed E-state index contributed by atoms with van der Waals surface area (Å²) in [6, 6.07) is 2.26. The van der Waals surface area contributed by atoms with Crippen LogP contribution in [0.4, 0.5) is 11.6 Å². The molecule has 0 saturated carbocycles. The van der Waals surface area contributed by atoms with Crippen molar-refractivity contribution in [1.29, 1.82) is 0 Å². The average molecular weight is 346 g/mol. The lowest BCUT2D eigenvalue weighted by atomic mass is 10.0. The Kier molecular flexibility index (Phi) is 4.94. The van der Waals surface area contributed by atoms with E-state index in [1.807, 2.05) is 36.9 Å². The maximum absolute atomic E-state index is 12.5. The molecule has 2 aromatic rings. The van der Waals surface area contributed by atoms with Gasteiger partial charge < -0.3 is 15.1 Å². The normalized spacial score (nSPS) is 15.4. The van der Waals surface area contributed by atoms with Gasteiger partial charge in [-0.2, -0.15) is 0 Å². The van der Waals surface area contributed by atoms with Crippen LogP contribution in [0.1, 0.15) is 28.2 Å². The van der Waals surface area contributed by atoms with Gasteiger partial charge >= 0.3 is 0 Å². The minimum Gasteiger partial charge on any atom is -0.367 e. The van der Waals surface area contributed by atoms with Crippen LogP contribution in [0.5, 0.6) is 0 Å². The first kappa shape index (κ1) is 16.6. The maximum Gasteiger partial charge on any atom is 0.265 e. The molecule has 0 unspecified atom stereocenters. The summed E-state index contributed by atoms with van der Waals surface area (Å²) in [5.41, 5.74) is 2.55. The van der Waals surface area contributed by atoms with Crippen molar-refractivity contribution in [3.63, 3.8) is 0 Å². The van der Waals surface area contributed by atoms with Gasteiger partial charge in [-0.15, -0.1) is 11.3 Å². The number of thiazole rings is 1. The summed E-state index contributed by atoms with van der Waals surface area (Å²) in [4.78, 5) is 29.8. The number of carbonyl (C=O) groups excluding carboxylic acids is 1. The maximum atomic E-state index is 12.5. The Morgan fingerprint density at radius 1 is 1.29 bits per heavy atom. The second kappa shape index (κ2) is 7.12. The highest BCUT2D eigenvalue weighted by Crippen LogP contribution is 2.21. The third-order valence-electron chi connectivity index (χ3n) is 4.18. The van der Waals surface area contributed by atoms with Gasteiger partial charge in [-0.05, 0) is 19.8 Å². The van der Waals surface area contributed by atoms with Gasteiger partial charge in [0.1, 0.15) is 22.8 Å². The molecule has 8 heteroatoms. The molecule has 1 saturated heterocycles. The highest BCUT2D eigenvalue weighted by molar-refractivity contribution is 7.11. The monoisotopic (exact) mass is 346 g/mol. The Morgan fingerprint density at radius 2 is 2.04 bits per heavy atom.